The first-order chi connectivity index (χ1) is 12.3. The topological polar surface area (TPSA) is 77.6 Å². The van der Waals surface area contributed by atoms with Crippen LogP contribution in [0.1, 0.15) is 45.0 Å². The van der Waals surface area contributed by atoms with Crippen molar-refractivity contribution < 1.29 is 19.0 Å². The Morgan fingerprint density at radius 3 is 2.15 bits per heavy atom. The van der Waals surface area contributed by atoms with Gasteiger partial charge in [-0.05, 0) is 24.8 Å². The van der Waals surface area contributed by atoms with Gasteiger partial charge >= 0.3 is 5.97 Å². The number of fused-ring (bicyclic) bond motifs is 1. The van der Waals surface area contributed by atoms with Gasteiger partial charge in [-0.2, -0.15) is 0 Å². The number of aromatic nitrogens is 1. The molecule has 0 radical (unpaired) electrons. The van der Waals surface area contributed by atoms with Gasteiger partial charge in [0, 0.05) is 12.3 Å². The maximum Gasteiger partial charge on any atom is 0.343 e. The fraction of sp³-hybridized carbons (Fsp3) is 0.500. The van der Waals surface area contributed by atoms with E-state index in [0.29, 0.717) is 47.5 Å². The molecule has 142 valence electrons. The van der Waals surface area contributed by atoms with Crippen LogP contribution in [0.2, 0.25) is 0 Å². The van der Waals surface area contributed by atoms with Crippen LogP contribution < -0.4 is 14.9 Å². The van der Waals surface area contributed by atoms with Gasteiger partial charge in [0.05, 0.1) is 30.7 Å². The number of ether oxygens (including phenoxy) is 3. The summed E-state index contributed by atoms with van der Waals surface area (Å²) >= 11 is 0. The highest BCUT2D eigenvalue weighted by Gasteiger charge is 2.17. The van der Waals surface area contributed by atoms with Gasteiger partial charge in [-0.25, -0.2) is 4.79 Å². The highest BCUT2D eigenvalue weighted by molar-refractivity contribution is 5.94. The largest absolute Gasteiger partial charge is 0.489 e. The van der Waals surface area contributed by atoms with E-state index < -0.39 is 5.97 Å². The van der Waals surface area contributed by atoms with E-state index in [4.69, 9.17) is 14.2 Å². The summed E-state index contributed by atoms with van der Waals surface area (Å²) in [7, 11) is 0. The molecule has 0 aliphatic rings. The summed E-state index contributed by atoms with van der Waals surface area (Å²) in [6, 6.07) is 3.37. The van der Waals surface area contributed by atoms with E-state index in [1.165, 1.54) is 6.20 Å². The van der Waals surface area contributed by atoms with Gasteiger partial charge in [-0.3, -0.25) is 4.79 Å². The minimum atomic E-state index is -0.638. The Hall–Kier alpha value is -2.50. The highest BCUT2D eigenvalue weighted by atomic mass is 16.6. The summed E-state index contributed by atoms with van der Waals surface area (Å²) in [5.41, 5.74) is 0.172. The second-order valence-electron chi connectivity index (χ2n) is 7.01. The van der Waals surface area contributed by atoms with Crippen molar-refractivity contribution in [3.8, 4) is 11.5 Å². The number of rotatable bonds is 8. The quantitative estimate of drug-likeness (QED) is 0.570. The fourth-order valence-corrected chi connectivity index (χ4v) is 2.33. The lowest BCUT2D eigenvalue weighted by Crippen LogP contribution is -2.18. The van der Waals surface area contributed by atoms with Crippen LogP contribution in [0, 0.1) is 11.8 Å². The molecule has 1 aromatic carbocycles. The molecular formula is C20H27NO5. The Balaban J connectivity index is 2.51. The standard InChI is InChI=1S/C20H27NO5/c1-6-24-20(23)15-9-21-16-8-18(26-11-13(4)5)17(25-10-12(2)3)7-14(16)19(15)22/h7-9,12-13H,6,10-11H2,1-5H3,(H,21,22)/i15+1,19+1,20+1. The summed E-state index contributed by atoms with van der Waals surface area (Å²) in [6.07, 6.45) is 1.38. The lowest BCUT2D eigenvalue weighted by molar-refractivity contribution is 0.0524. The monoisotopic (exact) mass is 364 g/mol. The molecule has 0 unspecified atom stereocenters. The number of carbonyl (C=O) groups is 1. The highest BCUT2D eigenvalue weighted by Crippen LogP contribution is 2.31. The van der Waals surface area contributed by atoms with Crippen molar-refractivity contribution in [3.05, 3.63) is 34.1 Å². The molecule has 0 aliphatic carbocycles. The second-order valence-corrected chi connectivity index (χ2v) is 7.01. The van der Waals surface area contributed by atoms with Crippen molar-refractivity contribution in [1.82, 2.24) is 4.98 Å². The van der Waals surface area contributed by atoms with Gasteiger partial charge in [-0.1, -0.05) is 27.7 Å². The molecular weight excluding hydrogens is 337 g/mol. The van der Waals surface area contributed by atoms with Gasteiger partial charge in [0.25, 0.3) is 0 Å². The third-order valence-corrected chi connectivity index (χ3v) is 3.58. The van der Waals surface area contributed by atoms with Gasteiger partial charge in [0.15, 0.2) is 11.5 Å². The third kappa shape index (κ3) is 4.77. The Morgan fingerprint density at radius 2 is 1.62 bits per heavy atom. The molecule has 1 aromatic heterocycles. The number of nitrogens with one attached hydrogen (secondary N) is 1. The number of pyridine rings is 1. The number of aromatic amines is 1. The van der Waals surface area contributed by atoms with Crippen molar-refractivity contribution >= 4 is 16.9 Å². The van der Waals surface area contributed by atoms with E-state index in [-0.39, 0.29) is 17.6 Å². The van der Waals surface area contributed by atoms with Crippen LogP contribution in [0.4, 0.5) is 0 Å². The Bertz CT molecular complexity index is 823. The first-order valence-electron chi connectivity index (χ1n) is 8.95. The molecule has 0 atom stereocenters. The van der Waals surface area contributed by atoms with Crippen LogP contribution in [0.15, 0.2) is 23.1 Å². The van der Waals surface area contributed by atoms with Crippen LogP contribution in [0.25, 0.3) is 10.9 Å². The third-order valence-electron chi connectivity index (χ3n) is 3.58. The van der Waals surface area contributed by atoms with Crippen molar-refractivity contribution in [1.29, 1.82) is 0 Å². The molecule has 0 aliphatic heterocycles. The second kappa shape index (κ2) is 8.74. The van der Waals surface area contributed by atoms with E-state index >= 15 is 0 Å². The summed E-state index contributed by atoms with van der Waals surface area (Å²) in [5.74, 6) is 1.12. The molecule has 0 spiro atoms. The van der Waals surface area contributed by atoms with Crippen LogP contribution in [-0.4, -0.2) is 30.8 Å². The average molecular weight is 364 g/mol. The molecule has 1 N–H and O–H groups in total. The smallest absolute Gasteiger partial charge is 0.343 e. The van der Waals surface area contributed by atoms with E-state index in [1.54, 1.807) is 19.1 Å². The van der Waals surface area contributed by atoms with Crippen molar-refractivity contribution in [2.75, 3.05) is 19.8 Å². The molecule has 1 heterocycles. The van der Waals surface area contributed by atoms with Crippen molar-refractivity contribution in [2.45, 2.75) is 34.6 Å². The Morgan fingerprint density at radius 1 is 1.04 bits per heavy atom. The number of H-pyrrole nitrogens is 1. The first-order valence-corrected chi connectivity index (χ1v) is 8.95. The lowest BCUT2D eigenvalue weighted by Gasteiger charge is -2.16. The molecule has 2 aromatic rings. The predicted molar refractivity (Wildman–Crippen MR) is 101 cm³/mol. The summed E-state index contributed by atoms with van der Waals surface area (Å²) < 4.78 is 16.6. The minimum absolute atomic E-state index is 0.0231. The van der Waals surface area contributed by atoms with Crippen LogP contribution >= 0.6 is 0 Å². The van der Waals surface area contributed by atoms with Crippen molar-refractivity contribution in [2.24, 2.45) is 11.8 Å². The molecule has 2 rings (SSSR count). The summed E-state index contributed by atoms with van der Waals surface area (Å²) in [6.45, 7) is 11.1. The molecule has 6 heteroatoms. The zero-order chi connectivity index (χ0) is 19.3. The number of hydrogen-bond acceptors (Lipinski definition) is 5. The molecule has 6 nitrogen and oxygen atoms in total. The van der Waals surface area contributed by atoms with E-state index in [9.17, 15) is 9.59 Å². The lowest BCUT2D eigenvalue weighted by atomic mass is 10.2. The normalized spacial score (nSPS) is 11.2. The number of carbonyl (C=O) groups excluding carboxylic acids is 1. The Kier molecular flexibility index (Phi) is 6.66. The van der Waals surface area contributed by atoms with Crippen LogP contribution in [0.3, 0.4) is 0 Å². The van der Waals surface area contributed by atoms with E-state index in [1.807, 2.05) is 13.8 Å². The zero-order valence-electron chi connectivity index (χ0n) is 16.0. The summed E-state index contributed by atoms with van der Waals surface area (Å²) in [4.78, 5) is 27.6. The maximum absolute atomic E-state index is 12.7. The molecule has 0 amide bonds. The molecule has 0 saturated carbocycles. The average Bonchev–Trinajstić information content (AvgIpc) is 2.58. The van der Waals surface area contributed by atoms with Gasteiger partial charge in [0.2, 0.25) is 5.43 Å². The predicted octanol–water partition coefficient (Wildman–Crippen LogP) is 3.77. The zero-order valence-corrected chi connectivity index (χ0v) is 16.0. The van der Waals surface area contributed by atoms with Crippen molar-refractivity contribution in [3.63, 3.8) is 0 Å². The number of esters is 1. The SMILES string of the molecule is CCO[13C](=O)[13c]1c[nH]c2cc(OCC(C)C)c(OCC(C)C)cc2[13c]1=O. The number of benzene rings is 1. The molecule has 0 bridgehead atoms. The molecule has 0 fully saturated rings. The Labute approximate surface area is 153 Å². The first kappa shape index (κ1) is 19.8. The van der Waals surface area contributed by atoms with E-state index in [2.05, 4.69) is 18.8 Å². The minimum Gasteiger partial charge on any atom is -0.489 e. The van der Waals surface area contributed by atoms with Crippen LogP contribution in [-0.2, 0) is 4.74 Å². The summed E-state index contributed by atoms with van der Waals surface area (Å²) in [5, 5.41) is 0.367. The van der Waals surface area contributed by atoms with Gasteiger partial charge in [0.1, 0.15) is 5.56 Å². The molecule has 26 heavy (non-hydrogen) atoms. The molecule has 0 saturated heterocycles. The maximum atomic E-state index is 12.7. The fourth-order valence-electron chi connectivity index (χ4n) is 2.33. The van der Waals surface area contributed by atoms with Gasteiger partial charge < -0.3 is 19.2 Å². The van der Waals surface area contributed by atoms with E-state index in [0.717, 1.165) is 0 Å². The number of hydrogen-bond donors (Lipinski definition) is 1. The van der Waals surface area contributed by atoms with Gasteiger partial charge in [-0.15, -0.1) is 0 Å². The van der Waals surface area contributed by atoms with Crippen LogP contribution in [0.5, 0.6) is 11.5 Å².